The lowest BCUT2D eigenvalue weighted by atomic mass is 9.84. The zero-order chi connectivity index (χ0) is 7.35. The summed E-state index contributed by atoms with van der Waals surface area (Å²) < 4.78 is 0. The Morgan fingerprint density at radius 3 is 2.20 bits per heavy atom. The van der Waals surface area contributed by atoms with E-state index in [0.717, 1.165) is 17.9 Å². The summed E-state index contributed by atoms with van der Waals surface area (Å²) in [5.74, 6) is 2.07. The van der Waals surface area contributed by atoms with Gasteiger partial charge in [-0.2, -0.15) is 0 Å². The second-order valence-electron chi connectivity index (χ2n) is 4.91. The van der Waals surface area contributed by atoms with Crippen molar-refractivity contribution in [2.75, 3.05) is 6.54 Å². The summed E-state index contributed by atoms with van der Waals surface area (Å²) in [4.78, 5) is 0. The van der Waals surface area contributed by atoms with Crippen molar-refractivity contribution in [1.29, 1.82) is 0 Å². The van der Waals surface area contributed by atoms with E-state index in [4.69, 9.17) is 0 Å². The third-order valence-electron chi connectivity index (χ3n) is 2.94. The monoisotopic (exact) mass is 139 g/mol. The van der Waals surface area contributed by atoms with E-state index < -0.39 is 0 Å². The first-order valence-corrected chi connectivity index (χ1v) is 4.32. The molecular formula is C9H17N. The lowest BCUT2D eigenvalue weighted by Crippen LogP contribution is -2.38. The number of rotatable bonds is 0. The first-order valence-electron chi connectivity index (χ1n) is 4.32. The summed E-state index contributed by atoms with van der Waals surface area (Å²) in [6.45, 7) is 8.30. The molecule has 3 unspecified atom stereocenters. The van der Waals surface area contributed by atoms with Crippen LogP contribution in [0, 0.1) is 17.3 Å². The van der Waals surface area contributed by atoms with Gasteiger partial charge in [0.25, 0.3) is 0 Å². The number of fused-ring (bicyclic) bond motifs is 1. The molecule has 0 aromatic heterocycles. The Balaban J connectivity index is 2.05. The first kappa shape index (κ1) is 6.66. The largest absolute Gasteiger partial charge is 0.313 e. The van der Waals surface area contributed by atoms with Crippen LogP contribution in [0.5, 0.6) is 0 Å². The van der Waals surface area contributed by atoms with Gasteiger partial charge < -0.3 is 5.32 Å². The van der Waals surface area contributed by atoms with Gasteiger partial charge in [0.1, 0.15) is 0 Å². The molecule has 1 saturated carbocycles. The highest BCUT2D eigenvalue weighted by Gasteiger charge is 2.51. The van der Waals surface area contributed by atoms with Crippen LogP contribution in [0.1, 0.15) is 27.2 Å². The van der Waals surface area contributed by atoms with Crippen LogP contribution in [-0.2, 0) is 0 Å². The molecular weight excluding hydrogens is 122 g/mol. The Morgan fingerprint density at radius 2 is 2.00 bits per heavy atom. The lowest BCUT2D eigenvalue weighted by Gasteiger charge is -2.28. The van der Waals surface area contributed by atoms with E-state index >= 15 is 0 Å². The van der Waals surface area contributed by atoms with Crippen molar-refractivity contribution in [1.82, 2.24) is 5.32 Å². The molecule has 0 radical (unpaired) electrons. The van der Waals surface area contributed by atoms with Crippen molar-refractivity contribution >= 4 is 0 Å². The van der Waals surface area contributed by atoms with Crippen LogP contribution in [0.4, 0.5) is 0 Å². The topological polar surface area (TPSA) is 12.0 Å². The maximum Gasteiger partial charge on any atom is 0.0147 e. The van der Waals surface area contributed by atoms with E-state index in [2.05, 4.69) is 26.1 Å². The molecule has 1 N–H and O–H groups in total. The van der Waals surface area contributed by atoms with E-state index in [1.807, 2.05) is 0 Å². The minimum Gasteiger partial charge on any atom is -0.313 e. The number of hydrogen-bond donors (Lipinski definition) is 1. The molecule has 1 heteroatoms. The average Bonchev–Trinajstić information content (AvgIpc) is 2.40. The molecule has 0 aromatic carbocycles. The van der Waals surface area contributed by atoms with Gasteiger partial charge >= 0.3 is 0 Å². The Hall–Kier alpha value is -0.0400. The molecule has 0 spiro atoms. The molecule has 1 saturated heterocycles. The Kier molecular flexibility index (Phi) is 1.17. The van der Waals surface area contributed by atoms with E-state index in [0.29, 0.717) is 5.41 Å². The zero-order valence-electron chi connectivity index (χ0n) is 7.15. The molecule has 1 heterocycles. The molecule has 2 aliphatic rings. The fourth-order valence-electron chi connectivity index (χ4n) is 2.29. The third kappa shape index (κ3) is 0.878. The van der Waals surface area contributed by atoms with E-state index in [-0.39, 0.29) is 0 Å². The molecule has 1 aliphatic carbocycles. The summed E-state index contributed by atoms with van der Waals surface area (Å²) in [6, 6.07) is 0.803. The van der Waals surface area contributed by atoms with E-state index in [1.54, 1.807) is 0 Å². The summed E-state index contributed by atoms with van der Waals surface area (Å²) >= 11 is 0. The highest BCUT2D eigenvalue weighted by Crippen LogP contribution is 2.49. The van der Waals surface area contributed by atoms with Crippen molar-refractivity contribution < 1.29 is 0 Å². The van der Waals surface area contributed by atoms with Gasteiger partial charge in [-0.25, -0.2) is 0 Å². The van der Waals surface area contributed by atoms with Gasteiger partial charge in [-0.05, 0) is 30.2 Å². The average molecular weight is 139 g/mol. The molecule has 10 heavy (non-hydrogen) atoms. The van der Waals surface area contributed by atoms with Gasteiger partial charge in [-0.3, -0.25) is 0 Å². The minimum absolute atomic E-state index is 0.482. The number of hydrogen-bond acceptors (Lipinski definition) is 1. The predicted octanol–water partition coefficient (Wildman–Crippen LogP) is 1.64. The van der Waals surface area contributed by atoms with Crippen molar-refractivity contribution in [3.63, 3.8) is 0 Å². The van der Waals surface area contributed by atoms with Crippen LogP contribution in [0.3, 0.4) is 0 Å². The van der Waals surface area contributed by atoms with Crippen LogP contribution in [0.15, 0.2) is 0 Å². The fourth-order valence-corrected chi connectivity index (χ4v) is 2.29. The van der Waals surface area contributed by atoms with Crippen molar-refractivity contribution in [2.24, 2.45) is 17.3 Å². The normalized spacial score (nSPS) is 45.3. The molecule has 0 bridgehead atoms. The van der Waals surface area contributed by atoms with Gasteiger partial charge in [0.2, 0.25) is 0 Å². The molecule has 0 aromatic rings. The van der Waals surface area contributed by atoms with Gasteiger partial charge in [0.05, 0.1) is 0 Å². The third-order valence-corrected chi connectivity index (χ3v) is 2.94. The Labute approximate surface area is 63.2 Å². The second-order valence-corrected chi connectivity index (χ2v) is 4.91. The zero-order valence-corrected chi connectivity index (χ0v) is 7.15. The Morgan fingerprint density at radius 1 is 1.30 bits per heavy atom. The maximum absolute atomic E-state index is 3.60. The van der Waals surface area contributed by atoms with Crippen LogP contribution < -0.4 is 5.32 Å². The number of nitrogens with one attached hydrogen (secondary N) is 1. The summed E-state index contributed by atoms with van der Waals surface area (Å²) in [5, 5.41) is 3.60. The summed E-state index contributed by atoms with van der Waals surface area (Å²) in [7, 11) is 0. The first-order chi connectivity index (χ1) is 4.59. The fraction of sp³-hybridized carbons (Fsp3) is 1.00. The molecule has 0 amide bonds. The van der Waals surface area contributed by atoms with Crippen LogP contribution in [-0.4, -0.2) is 12.6 Å². The highest BCUT2D eigenvalue weighted by atomic mass is 15.0. The van der Waals surface area contributed by atoms with Crippen molar-refractivity contribution in [3.8, 4) is 0 Å². The van der Waals surface area contributed by atoms with Crippen LogP contribution in [0.25, 0.3) is 0 Å². The van der Waals surface area contributed by atoms with Gasteiger partial charge in [-0.1, -0.05) is 20.8 Å². The van der Waals surface area contributed by atoms with Crippen LogP contribution >= 0.6 is 0 Å². The molecule has 2 fully saturated rings. The summed E-state index contributed by atoms with van der Waals surface area (Å²) in [6.07, 6.45) is 1.49. The molecule has 1 nitrogen and oxygen atoms in total. The van der Waals surface area contributed by atoms with Gasteiger partial charge in [-0.15, -0.1) is 0 Å². The SMILES string of the molecule is CC(C)(C)C1NCC2CC21. The molecule has 58 valence electrons. The highest BCUT2D eigenvalue weighted by molar-refractivity contribution is 5.06. The smallest absolute Gasteiger partial charge is 0.0147 e. The van der Waals surface area contributed by atoms with Crippen molar-refractivity contribution in [3.05, 3.63) is 0 Å². The molecule has 3 atom stereocenters. The minimum atomic E-state index is 0.482. The number of piperidine rings is 1. The predicted molar refractivity (Wildman–Crippen MR) is 42.8 cm³/mol. The van der Waals surface area contributed by atoms with Gasteiger partial charge in [0, 0.05) is 6.04 Å². The Bertz CT molecular complexity index is 145. The summed E-state index contributed by atoms with van der Waals surface area (Å²) in [5.41, 5.74) is 0.482. The van der Waals surface area contributed by atoms with Crippen molar-refractivity contribution in [2.45, 2.75) is 33.2 Å². The standard InChI is InChI=1S/C9H17N/c1-9(2,3)8-7-4-6(7)5-10-8/h6-8,10H,4-5H2,1-3H3. The second kappa shape index (κ2) is 1.76. The van der Waals surface area contributed by atoms with Crippen LogP contribution in [0.2, 0.25) is 0 Å². The molecule has 2 rings (SSSR count). The molecule has 1 aliphatic heterocycles. The quantitative estimate of drug-likeness (QED) is 0.538. The van der Waals surface area contributed by atoms with E-state index in [1.165, 1.54) is 13.0 Å². The van der Waals surface area contributed by atoms with E-state index in [9.17, 15) is 0 Å². The lowest BCUT2D eigenvalue weighted by molar-refractivity contribution is 0.269. The van der Waals surface area contributed by atoms with Gasteiger partial charge in [0.15, 0.2) is 0 Å². The maximum atomic E-state index is 3.60.